The highest BCUT2D eigenvalue weighted by atomic mass is 16.2. The van der Waals surface area contributed by atoms with Gasteiger partial charge in [-0.25, -0.2) is 9.97 Å². The molecule has 4 rings (SSSR count). The van der Waals surface area contributed by atoms with Crippen molar-refractivity contribution >= 4 is 5.91 Å². The quantitative estimate of drug-likeness (QED) is 0.716. The fourth-order valence-electron chi connectivity index (χ4n) is 3.38. The molecular formula is C21H23N5O. The molecule has 0 spiro atoms. The summed E-state index contributed by atoms with van der Waals surface area (Å²) in [6.07, 6.45) is 2.72. The monoisotopic (exact) mass is 361 g/mol. The smallest absolute Gasteiger partial charge is 0.272 e. The Kier molecular flexibility index (Phi) is 4.48. The van der Waals surface area contributed by atoms with E-state index < -0.39 is 0 Å². The molecule has 1 aliphatic rings. The summed E-state index contributed by atoms with van der Waals surface area (Å²) in [6.45, 7) is 5.37. The highest BCUT2D eigenvalue weighted by molar-refractivity contribution is 5.94. The maximum atomic E-state index is 13.1. The lowest BCUT2D eigenvalue weighted by Crippen LogP contribution is -2.27. The first kappa shape index (κ1) is 17.4. The molecule has 6 heteroatoms. The van der Waals surface area contributed by atoms with Crippen LogP contribution in [0.3, 0.4) is 0 Å². The van der Waals surface area contributed by atoms with Gasteiger partial charge in [0.25, 0.3) is 5.91 Å². The fraction of sp³-hybridized carbons (Fsp3) is 0.333. The number of fused-ring (bicyclic) bond motifs is 1. The van der Waals surface area contributed by atoms with Crippen LogP contribution in [0, 0.1) is 5.92 Å². The van der Waals surface area contributed by atoms with Gasteiger partial charge in [0.2, 0.25) is 0 Å². The van der Waals surface area contributed by atoms with E-state index in [4.69, 9.17) is 0 Å². The highest BCUT2D eigenvalue weighted by Crippen LogP contribution is 2.25. The Labute approximate surface area is 158 Å². The Bertz CT molecular complexity index is 977. The Morgan fingerprint density at radius 3 is 2.70 bits per heavy atom. The highest BCUT2D eigenvalue weighted by Gasteiger charge is 2.28. The molecule has 0 fully saturated rings. The first-order valence-electron chi connectivity index (χ1n) is 9.23. The van der Waals surface area contributed by atoms with Crippen LogP contribution in [0.4, 0.5) is 0 Å². The lowest BCUT2D eigenvalue weighted by Gasteiger charge is -2.14. The van der Waals surface area contributed by atoms with Gasteiger partial charge in [-0.2, -0.15) is 5.10 Å². The number of aryl methyl sites for hydroxylation is 1. The summed E-state index contributed by atoms with van der Waals surface area (Å²) in [4.78, 5) is 24.0. The van der Waals surface area contributed by atoms with E-state index in [1.807, 2.05) is 54.5 Å². The number of aromatic nitrogens is 4. The zero-order valence-corrected chi connectivity index (χ0v) is 15.9. The Morgan fingerprint density at radius 1 is 1.19 bits per heavy atom. The molecule has 6 nitrogen and oxygen atoms in total. The minimum Gasteiger partial charge on any atom is -0.327 e. The molecule has 2 aromatic heterocycles. The number of carbonyl (C=O) groups excluding carboxylic acids is 1. The Balaban J connectivity index is 1.55. The minimum absolute atomic E-state index is 0.0319. The largest absolute Gasteiger partial charge is 0.327 e. The second-order valence-corrected chi connectivity index (χ2v) is 7.42. The third kappa shape index (κ3) is 3.47. The minimum atomic E-state index is -0.0319. The number of nitrogens with zero attached hydrogens (tertiary/aromatic N) is 5. The van der Waals surface area contributed by atoms with E-state index in [2.05, 4.69) is 28.9 Å². The van der Waals surface area contributed by atoms with E-state index in [0.717, 1.165) is 34.8 Å². The molecule has 1 amide bonds. The maximum absolute atomic E-state index is 13.1. The summed E-state index contributed by atoms with van der Waals surface area (Å²) in [5.74, 6) is 1.33. The van der Waals surface area contributed by atoms with Crippen molar-refractivity contribution in [2.75, 3.05) is 0 Å². The number of rotatable bonds is 4. The molecule has 0 atom stereocenters. The van der Waals surface area contributed by atoms with E-state index >= 15 is 0 Å². The topological polar surface area (TPSA) is 63.9 Å². The van der Waals surface area contributed by atoms with Crippen LogP contribution in [0.2, 0.25) is 0 Å². The van der Waals surface area contributed by atoms with Crippen molar-refractivity contribution in [3.63, 3.8) is 0 Å². The van der Waals surface area contributed by atoms with E-state index in [1.165, 1.54) is 0 Å². The van der Waals surface area contributed by atoms with Crippen LogP contribution in [0.25, 0.3) is 11.3 Å². The molecule has 0 aliphatic carbocycles. The lowest BCUT2D eigenvalue weighted by atomic mass is 10.1. The number of benzene rings is 1. The van der Waals surface area contributed by atoms with Crippen molar-refractivity contribution in [2.24, 2.45) is 13.0 Å². The number of amides is 1. The van der Waals surface area contributed by atoms with Crippen molar-refractivity contribution in [1.29, 1.82) is 0 Å². The van der Waals surface area contributed by atoms with Crippen LogP contribution < -0.4 is 0 Å². The van der Waals surface area contributed by atoms with Gasteiger partial charge < -0.3 is 4.90 Å². The molecule has 1 aromatic carbocycles. The van der Waals surface area contributed by atoms with Gasteiger partial charge in [0.1, 0.15) is 11.5 Å². The molecular weight excluding hydrogens is 338 g/mol. The zero-order valence-electron chi connectivity index (χ0n) is 15.9. The van der Waals surface area contributed by atoms with Gasteiger partial charge in [-0.15, -0.1) is 0 Å². The second kappa shape index (κ2) is 6.95. The van der Waals surface area contributed by atoms with Gasteiger partial charge >= 0.3 is 0 Å². The van der Waals surface area contributed by atoms with Gasteiger partial charge in [-0.05, 0) is 12.0 Å². The molecule has 0 saturated carbocycles. The van der Waals surface area contributed by atoms with Crippen molar-refractivity contribution in [1.82, 2.24) is 24.6 Å². The van der Waals surface area contributed by atoms with E-state index in [1.54, 1.807) is 4.68 Å². The summed E-state index contributed by atoms with van der Waals surface area (Å²) in [7, 11) is 1.81. The molecule has 0 saturated heterocycles. The van der Waals surface area contributed by atoms with Gasteiger partial charge in [0.15, 0.2) is 0 Å². The van der Waals surface area contributed by atoms with Gasteiger partial charge in [-0.1, -0.05) is 44.2 Å². The summed E-state index contributed by atoms with van der Waals surface area (Å²) < 4.78 is 1.66. The Hall–Kier alpha value is -3.02. The van der Waals surface area contributed by atoms with Crippen LogP contribution in [-0.4, -0.2) is 30.6 Å². The van der Waals surface area contributed by atoms with E-state index in [0.29, 0.717) is 24.7 Å². The number of hydrogen-bond donors (Lipinski definition) is 0. The maximum Gasteiger partial charge on any atom is 0.272 e. The standard InChI is InChI=1S/C21H23N5O/c1-14(2)9-20-22-11-16-12-26(13-18(16)23-20)21(27)19-10-17(24-25(19)3)15-7-5-4-6-8-15/h4-8,10-11,14H,9,12-13H2,1-3H3. The molecule has 27 heavy (non-hydrogen) atoms. The Morgan fingerprint density at radius 2 is 1.96 bits per heavy atom. The summed E-state index contributed by atoms with van der Waals surface area (Å²) >= 11 is 0. The van der Waals surface area contributed by atoms with Crippen LogP contribution in [0.5, 0.6) is 0 Å². The van der Waals surface area contributed by atoms with Crippen LogP contribution >= 0.6 is 0 Å². The van der Waals surface area contributed by atoms with Gasteiger partial charge in [0, 0.05) is 37.3 Å². The summed E-state index contributed by atoms with van der Waals surface area (Å²) in [5, 5.41) is 4.51. The van der Waals surface area contributed by atoms with Crippen LogP contribution in [0.15, 0.2) is 42.6 Å². The van der Waals surface area contributed by atoms with Crippen molar-refractivity contribution < 1.29 is 4.79 Å². The SMILES string of the molecule is CC(C)Cc1ncc2c(n1)CN(C(=O)c1cc(-c3ccccc3)nn1C)C2. The molecule has 0 bridgehead atoms. The number of hydrogen-bond acceptors (Lipinski definition) is 4. The first-order valence-corrected chi connectivity index (χ1v) is 9.23. The molecule has 0 N–H and O–H groups in total. The zero-order chi connectivity index (χ0) is 19.0. The molecule has 0 radical (unpaired) electrons. The van der Waals surface area contributed by atoms with E-state index in [-0.39, 0.29) is 5.91 Å². The molecule has 3 aromatic rings. The lowest BCUT2D eigenvalue weighted by molar-refractivity contribution is 0.0739. The second-order valence-electron chi connectivity index (χ2n) is 7.42. The van der Waals surface area contributed by atoms with Crippen molar-refractivity contribution in [2.45, 2.75) is 33.4 Å². The van der Waals surface area contributed by atoms with Crippen molar-refractivity contribution in [3.8, 4) is 11.3 Å². The molecule has 138 valence electrons. The van der Waals surface area contributed by atoms with Crippen LogP contribution in [-0.2, 0) is 26.6 Å². The van der Waals surface area contributed by atoms with Gasteiger partial charge in [-0.3, -0.25) is 9.48 Å². The first-order chi connectivity index (χ1) is 13.0. The fourth-order valence-corrected chi connectivity index (χ4v) is 3.38. The third-order valence-electron chi connectivity index (χ3n) is 4.75. The molecule has 3 heterocycles. The van der Waals surface area contributed by atoms with E-state index in [9.17, 15) is 4.79 Å². The third-order valence-corrected chi connectivity index (χ3v) is 4.75. The normalized spacial score (nSPS) is 13.3. The average Bonchev–Trinajstić information content (AvgIpc) is 3.24. The predicted molar refractivity (Wildman–Crippen MR) is 103 cm³/mol. The summed E-state index contributed by atoms with van der Waals surface area (Å²) in [6, 6.07) is 11.7. The average molecular weight is 361 g/mol. The van der Waals surface area contributed by atoms with Crippen LogP contribution in [0.1, 0.15) is 41.4 Å². The molecule has 0 unspecified atom stereocenters. The van der Waals surface area contributed by atoms with Gasteiger partial charge in [0.05, 0.1) is 17.9 Å². The number of carbonyl (C=O) groups is 1. The summed E-state index contributed by atoms with van der Waals surface area (Å²) in [5.41, 5.74) is 4.37. The van der Waals surface area contributed by atoms with Crippen molar-refractivity contribution in [3.05, 3.63) is 65.4 Å². The molecule has 1 aliphatic heterocycles. The predicted octanol–water partition coefficient (Wildman–Crippen LogP) is 3.23.